The van der Waals surface area contributed by atoms with Crippen LogP contribution in [-0.2, 0) is 16.0 Å². The van der Waals surface area contributed by atoms with Gasteiger partial charge in [-0.25, -0.2) is 4.79 Å². The molecule has 0 saturated heterocycles. The van der Waals surface area contributed by atoms with Gasteiger partial charge in [-0.05, 0) is 25.8 Å². The largest absolute Gasteiger partial charge is 0.451 e. The Kier molecular flexibility index (Phi) is 2.85. The van der Waals surface area contributed by atoms with Crippen molar-refractivity contribution in [3.8, 4) is 5.75 Å². The average Bonchev–Trinajstić information content (AvgIpc) is 2.70. The molecule has 19 heavy (non-hydrogen) atoms. The number of carbonyl (C=O) groups is 2. The van der Waals surface area contributed by atoms with Gasteiger partial charge >= 0.3 is 5.97 Å². The number of rotatable bonds is 2. The highest BCUT2D eigenvalue weighted by molar-refractivity contribution is 5.99. The molecule has 3 rings (SSSR count). The molecule has 0 bridgehead atoms. The second-order valence-electron chi connectivity index (χ2n) is 4.80. The summed E-state index contributed by atoms with van der Waals surface area (Å²) in [4.78, 5) is 23.1. The van der Waals surface area contributed by atoms with Crippen LogP contribution in [0.25, 0.3) is 0 Å². The van der Waals surface area contributed by atoms with Crippen molar-refractivity contribution < 1.29 is 19.1 Å². The second-order valence-corrected chi connectivity index (χ2v) is 4.80. The Morgan fingerprint density at radius 3 is 2.84 bits per heavy atom. The summed E-state index contributed by atoms with van der Waals surface area (Å²) in [6.45, 7) is 1.69. The molecule has 0 radical (unpaired) electrons. The third-order valence-electron chi connectivity index (χ3n) is 3.44. The molecule has 1 aliphatic heterocycles. The maximum absolute atomic E-state index is 11.8. The predicted molar refractivity (Wildman–Crippen MR) is 68.0 cm³/mol. The Balaban J connectivity index is 1.88. The third-order valence-corrected chi connectivity index (χ3v) is 3.44. The first-order valence-corrected chi connectivity index (χ1v) is 6.36. The molecule has 1 aromatic rings. The standard InChI is InChI=1S/C15H14O4/c1-9-8-14(19-15(9)17)18-13-7-3-4-10-11(13)5-2-6-12(10)16/h3-4,7-8,14H,2,5-6H2,1H3. The van der Waals surface area contributed by atoms with E-state index in [-0.39, 0.29) is 11.8 Å². The molecule has 2 aliphatic rings. The molecule has 1 unspecified atom stereocenters. The van der Waals surface area contributed by atoms with Gasteiger partial charge in [-0.3, -0.25) is 4.79 Å². The van der Waals surface area contributed by atoms with Crippen molar-refractivity contribution in [2.75, 3.05) is 0 Å². The molecule has 0 fully saturated rings. The monoisotopic (exact) mass is 258 g/mol. The normalized spacial score (nSPS) is 21.7. The van der Waals surface area contributed by atoms with Crippen molar-refractivity contribution >= 4 is 11.8 Å². The molecule has 1 aliphatic carbocycles. The number of carbonyl (C=O) groups excluding carboxylic acids is 2. The molecule has 1 aromatic carbocycles. The lowest BCUT2D eigenvalue weighted by atomic mass is 9.90. The van der Waals surface area contributed by atoms with Crippen LogP contribution in [0.15, 0.2) is 29.8 Å². The summed E-state index contributed by atoms with van der Waals surface area (Å²) in [6, 6.07) is 5.43. The summed E-state index contributed by atoms with van der Waals surface area (Å²) < 4.78 is 10.7. The fourth-order valence-corrected chi connectivity index (χ4v) is 2.44. The van der Waals surface area contributed by atoms with Crippen LogP contribution in [-0.4, -0.2) is 18.0 Å². The van der Waals surface area contributed by atoms with Crippen LogP contribution in [0.1, 0.15) is 35.7 Å². The summed E-state index contributed by atoms with van der Waals surface area (Å²) in [6.07, 6.45) is 3.21. The molecule has 1 atom stereocenters. The van der Waals surface area contributed by atoms with E-state index in [1.807, 2.05) is 12.1 Å². The first-order valence-electron chi connectivity index (χ1n) is 6.36. The number of Topliss-reactive ketones (excluding diaryl/α,β-unsaturated/α-hetero) is 1. The van der Waals surface area contributed by atoms with Crippen molar-refractivity contribution in [2.45, 2.75) is 32.5 Å². The molecule has 0 aromatic heterocycles. The zero-order chi connectivity index (χ0) is 13.4. The van der Waals surface area contributed by atoms with Gasteiger partial charge in [-0.1, -0.05) is 12.1 Å². The summed E-state index contributed by atoms with van der Waals surface area (Å²) in [5.74, 6) is 0.432. The Morgan fingerprint density at radius 1 is 1.26 bits per heavy atom. The van der Waals surface area contributed by atoms with Crippen molar-refractivity contribution in [1.82, 2.24) is 0 Å². The van der Waals surface area contributed by atoms with Gasteiger partial charge < -0.3 is 9.47 Å². The fraction of sp³-hybridized carbons (Fsp3) is 0.333. The Morgan fingerprint density at radius 2 is 2.11 bits per heavy atom. The SMILES string of the molecule is CC1=CC(Oc2cccc3c2CCCC3=O)OC1=O. The van der Waals surface area contributed by atoms with E-state index < -0.39 is 6.29 Å². The quantitative estimate of drug-likeness (QED) is 0.764. The van der Waals surface area contributed by atoms with Crippen molar-refractivity contribution in [2.24, 2.45) is 0 Å². The second kappa shape index (κ2) is 4.53. The van der Waals surface area contributed by atoms with Gasteiger partial charge in [0.25, 0.3) is 6.29 Å². The maximum Gasteiger partial charge on any atom is 0.336 e. The van der Waals surface area contributed by atoms with Crippen molar-refractivity contribution in [3.63, 3.8) is 0 Å². The number of fused-ring (bicyclic) bond motifs is 1. The van der Waals surface area contributed by atoms with E-state index in [2.05, 4.69) is 0 Å². The zero-order valence-electron chi connectivity index (χ0n) is 10.6. The van der Waals surface area contributed by atoms with E-state index in [1.165, 1.54) is 0 Å². The van der Waals surface area contributed by atoms with Crippen LogP contribution in [0.5, 0.6) is 5.75 Å². The Hall–Kier alpha value is -2.10. The summed E-state index contributed by atoms with van der Waals surface area (Å²) in [7, 11) is 0. The summed E-state index contributed by atoms with van der Waals surface area (Å²) in [5, 5.41) is 0. The van der Waals surface area contributed by atoms with Gasteiger partial charge in [-0.15, -0.1) is 0 Å². The molecule has 4 heteroatoms. The average molecular weight is 258 g/mol. The topological polar surface area (TPSA) is 52.6 Å². The number of hydrogen-bond donors (Lipinski definition) is 0. The molecule has 98 valence electrons. The highest BCUT2D eigenvalue weighted by Gasteiger charge is 2.26. The van der Waals surface area contributed by atoms with Crippen LogP contribution in [0.3, 0.4) is 0 Å². The first-order chi connectivity index (χ1) is 9.15. The number of ketones is 1. The smallest absolute Gasteiger partial charge is 0.336 e. The molecule has 1 heterocycles. The van der Waals surface area contributed by atoms with E-state index in [9.17, 15) is 9.59 Å². The maximum atomic E-state index is 11.8. The Bertz CT molecular complexity index is 586. The van der Waals surface area contributed by atoms with Gasteiger partial charge in [0.1, 0.15) is 5.75 Å². The van der Waals surface area contributed by atoms with Crippen LogP contribution in [0, 0.1) is 0 Å². The highest BCUT2D eigenvalue weighted by Crippen LogP contribution is 2.31. The minimum atomic E-state index is -0.684. The van der Waals surface area contributed by atoms with E-state index in [1.54, 1.807) is 19.1 Å². The van der Waals surface area contributed by atoms with E-state index in [4.69, 9.17) is 9.47 Å². The van der Waals surface area contributed by atoms with Crippen molar-refractivity contribution in [3.05, 3.63) is 41.0 Å². The fourth-order valence-electron chi connectivity index (χ4n) is 2.44. The zero-order valence-corrected chi connectivity index (χ0v) is 10.6. The van der Waals surface area contributed by atoms with Crippen LogP contribution >= 0.6 is 0 Å². The lowest BCUT2D eigenvalue weighted by Crippen LogP contribution is -2.19. The van der Waals surface area contributed by atoms with Crippen LogP contribution in [0.2, 0.25) is 0 Å². The highest BCUT2D eigenvalue weighted by atomic mass is 16.7. The molecule has 4 nitrogen and oxygen atoms in total. The lowest BCUT2D eigenvalue weighted by Gasteiger charge is -2.20. The number of cyclic esters (lactones) is 1. The van der Waals surface area contributed by atoms with Gasteiger partial charge in [0, 0.05) is 29.2 Å². The number of ether oxygens (including phenoxy) is 2. The van der Waals surface area contributed by atoms with E-state index in [0.29, 0.717) is 17.7 Å². The van der Waals surface area contributed by atoms with Gasteiger partial charge in [0.05, 0.1) is 0 Å². The van der Waals surface area contributed by atoms with E-state index in [0.717, 1.165) is 24.0 Å². The van der Waals surface area contributed by atoms with Crippen LogP contribution < -0.4 is 4.74 Å². The molecule has 0 saturated carbocycles. The summed E-state index contributed by atoms with van der Waals surface area (Å²) >= 11 is 0. The van der Waals surface area contributed by atoms with E-state index >= 15 is 0 Å². The minimum absolute atomic E-state index is 0.154. The molecule has 0 spiro atoms. The first kappa shape index (κ1) is 12.0. The molecular formula is C15H14O4. The van der Waals surface area contributed by atoms with Gasteiger partial charge in [-0.2, -0.15) is 0 Å². The van der Waals surface area contributed by atoms with Gasteiger partial charge in [0.15, 0.2) is 5.78 Å². The Labute approximate surface area is 111 Å². The predicted octanol–water partition coefficient (Wildman–Crippen LogP) is 2.41. The van der Waals surface area contributed by atoms with Gasteiger partial charge in [0.2, 0.25) is 0 Å². The number of benzene rings is 1. The molecular weight excluding hydrogens is 244 g/mol. The van der Waals surface area contributed by atoms with Crippen molar-refractivity contribution in [1.29, 1.82) is 0 Å². The molecule has 0 N–H and O–H groups in total. The van der Waals surface area contributed by atoms with Crippen LogP contribution in [0.4, 0.5) is 0 Å². The third kappa shape index (κ3) is 2.14. The molecule has 0 amide bonds. The number of esters is 1. The number of hydrogen-bond acceptors (Lipinski definition) is 4. The summed E-state index contributed by atoms with van der Waals surface area (Å²) in [5.41, 5.74) is 2.20. The lowest BCUT2D eigenvalue weighted by molar-refractivity contribution is -0.148. The minimum Gasteiger partial charge on any atom is -0.451 e.